The molecule has 1 spiro atoms. The minimum atomic E-state index is 0.142. The van der Waals surface area contributed by atoms with Crippen molar-refractivity contribution in [1.29, 1.82) is 0 Å². The molecule has 6 heteroatoms. The second-order valence-electron chi connectivity index (χ2n) is 9.08. The number of benzene rings is 1. The second kappa shape index (κ2) is 6.95. The first-order valence-corrected chi connectivity index (χ1v) is 11.1. The summed E-state index contributed by atoms with van der Waals surface area (Å²) in [4.78, 5) is 19.1. The molecule has 3 aromatic heterocycles. The summed E-state index contributed by atoms with van der Waals surface area (Å²) in [5.74, 6) is 1.21. The Balaban J connectivity index is 1.57. The van der Waals surface area contributed by atoms with Crippen molar-refractivity contribution >= 4 is 11.0 Å². The van der Waals surface area contributed by atoms with Crippen molar-refractivity contribution in [3.63, 3.8) is 0 Å². The Bertz CT molecular complexity index is 1280. The number of imidazole rings is 1. The molecule has 6 nitrogen and oxygen atoms in total. The number of hydrogen-bond donors (Lipinski definition) is 1. The first-order chi connectivity index (χ1) is 15.1. The van der Waals surface area contributed by atoms with E-state index in [9.17, 15) is 0 Å². The number of aryl methyl sites for hydroxylation is 1. The van der Waals surface area contributed by atoms with Crippen LogP contribution in [0.5, 0.6) is 0 Å². The predicted octanol–water partition coefficient (Wildman–Crippen LogP) is 4.41. The van der Waals surface area contributed by atoms with Gasteiger partial charge in [-0.3, -0.25) is 15.0 Å². The van der Waals surface area contributed by atoms with Gasteiger partial charge in [0, 0.05) is 41.7 Å². The van der Waals surface area contributed by atoms with Crippen LogP contribution in [0.15, 0.2) is 48.8 Å². The van der Waals surface area contributed by atoms with Crippen LogP contribution in [-0.4, -0.2) is 30.5 Å². The third-order valence-corrected chi connectivity index (χ3v) is 7.12. The third-order valence-electron chi connectivity index (χ3n) is 7.12. The first-order valence-electron chi connectivity index (χ1n) is 11.1. The number of rotatable bonds is 2. The minimum absolute atomic E-state index is 0.142. The SMILES string of the molecule is Cc1cccc(-c2nc3n(c2-c2ccc4nccnc4c2)CC[C@]32CC[C@@H](N)CC2)n1. The van der Waals surface area contributed by atoms with Gasteiger partial charge in [0.15, 0.2) is 0 Å². The van der Waals surface area contributed by atoms with Crippen molar-refractivity contribution < 1.29 is 0 Å². The number of aromatic nitrogens is 5. The average Bonchev–Trinajstić information content (AvgIpc) is 3.34. The Morgan fingerprint density at radius 2 is 1.77 bits per heavy atom. The van der Waals surface area contributed by atoms with Crippen molar-refractivity contribution in [2.75, 3.05) is 0 Å². The van der Waals surface area contributed by atoms with Crippen LogP contribution in [-0.2, 0) is 12.0 Å². The van der Waals surface area contributed by atoms with E-state index in [1.165, 1.54) is 5.82 Å². The van der Waals surface area contributed by atoms with E-state index in [0.29, 0.717) is 6.04 Å². The van der Waals surface area contributed by atoms with Crippen LogP contribution in [0.25, 0.3) is 33.7 Å². The standard InChI is InChI=1S/C25H26N6/c1-16-3-2-4-20(29-16)22-23(17-5-6-19-21(15-17)28-13-12-27-19)31-14-11-25(24(31)30-22)9-7-18(26)8-10-25/h2-6,12-13,15,18H,7-11,14,26H2,1H3/t18-,25-. The fraction of sp³-hybridized carbons (Fsp3) is 0.360. The van der Waals surface area contributed by atoms with Gasteiger partial charge in [-0.25, -0.2) is 4.98 Å². The van der Waals surface area contributed by atoms with Gasteiger partial charge in [-0.05, 0) is 63.3 Å². The quantitative estimate of drug-likeness (QED) is 0.529. The van der Waals surface area contributed by atoms with Crippen LogP contribution in [0.3, 0.4) is 0 Å². The van der Waals surface area contributed by atoms with Crippen LogP contribution in [0.2, 0.25) is 0 Å². The summed E-state index contributed by atoms with van der Waals surface area (Å²) in [5, 5.41) is 0. The highest BCUT2D eigenvalue weighted by Gasteiger charge is 2.45. The molecule has 0 saturated heterocycles. The molecule has 4 aromatic rings. The summed E-state index contributed by atoms with van der Waals surface area (Å²) in [6.45, 7) is 3.01. The number of pyridine rings is 1. The van der Waals surface area contributed by atoms with E-state index in [1.807, 2.05) is 13.0 Å². The maximum absolute atomic E-state index is 6.24. The maximum atomic E-state index is 6.24. The average molecular weight is 411 g/mol. The molecule has 0 unspecified atom stereocenters. The van der Waals surface area contributed by atoms with Crippen molar-refractivity contribution in [2.45, 2.75) is 57.0 Å². The Kier molecular flexibility index (Phi) is 4.18. The molecule has 1 saturated carbocycles. The lowest BCUT2D eigenvalue weighted by atomic mass is 9.71. The molecule has 6 rings (SSSR count). The Hall–Kier alpha value is -3.12. The third kappa shape index (κ3) is 2.97. The Morgan fingerprint density at radius 3 is 2.58 bits per heavy atom. The van der Waals surface area contributed by atoms with Gasteiger partial charge in [0.25, 0.3) is 0 Å². The van der Waals surface area contributed by atoms with Gasteiger partial charge in [-0.1, -0.05) is 12.1 Å². The van der Waals surface area contributed by atoms with E-state index < -0.39 is 0 Å². The summed E-state index contributed by atoms with van der Waals surface area (Å²) in [7, 11) is 0. The summed E-state index contributed by atoms with van der Waals surface area (Å²) >= 11 is 0. The van der Waals surface area contributed by atoms with Crippen LogP contribution >= 0.6 is 0 Å². The van der Waals surface area contributed by atoms with Gasteiger partial charge in [0.05, 0.1) is 22.4 Å². The van der Waals surface area contributed by atoms with E-state index >= 15 is 0 Å². The van der Waals surface area contributed by atoms with Crippen molar-refractivity contribution in [1.82, 2.24) is 24.5 Å². The molecule has 4 heterocycles. The first kappa shape index (κ1) is 18.6. The molecule has 31 heavy (non-hydrogen) atoms. The van der Waals surface area contributed by atoms with Crippen molar-refractivity contribution in [3.8, 4) is 22.6 Å². The van der Waals surface area contributed by atoms with Crippen LogP contribution < -0.4 is 5.73 Å². The Labute approximate surface area is 181 Å². The zero-order valence-corrected chi connectivity index (χ0v) is 17.8. The predicted molar refractivity (Wildman–Crippen MR) is 121 cm³/mol. The number of nitrogens with zero attached hydrogens (tertiary/aromatic N) is 5. The smallest absolute Gasteiger partial charge is 0.116 e. The summed E-state index contributed by atoms with van der Waals surface area (Å²) in [5.41, 5.74) is 13.3. The molecule has 1 aliphatic carbocycles. The van der Waals surface area contributed by atoms with E-state index in [0.717, 1.165) is 78.0 Å². The van der Waals surface area contributed by atoms with Crippen LogP contribution in [0.1, 0.15) is 43.6 Å². The highest BCUT2D eigenvalue weighted by molar-refractivity contribution is 5.85. The fourth-order valence-electron chi connectivity index (χ4n) is 5.44. The lowest BCUT2D eigenvalue weighted by Gasteiger charge is -2.34. The maximum Gasteiger partial charge on any atom is 0.116 e. The zero-order valence-electron chi connectivity index (χ0n) is 17.8. The van der Waals surface area contributed by atoms with Gasteiger partial charge in [0.1, 0.15) is 11.5 Å². The lowest BCUT2D eigenvalue weighted by Crippen LogP contribution is -2.36. The minimum Gasteiger partial charge on any atom is -0.328 e. The molecule has 0 amide bonds. The number of fused-ring (bicyclic) bond motifs is 3. The van der Waals surface area contributed by atoms with Gasteiger partial charge in [-0.15, -0.1) is 0 Å². The molecule has 1 fully saturated rings. The molecule has 0 atom stereocenters. The molecule has 0 radical (unpaired) electrons. The van der Waals surface area contributed by atoms with E-state index in [1.54, 1.807) is 12.4 Å². The lowest BCUT2D eigenvalue weighted by molar-refractivity contribution is 0.264. The summed E-state index contributed by atoms with van der Waals surface area (Å²) < 4.78 is 2.44. The second-order valence-corrected chi connectivity index (χ2v) is 9.08. The molecule has 0 bridgehead atoms. The number of nitrogens with two attached hydrogens (primary N) is 1. The normalized spacial score (nSPS) is 22.8. The van der Waals surface area contributed by atoms with Crippen molar-refractivity contribution in [3.05, 3.63) is 60.3 Å². The molecule has 2 N–H and O–H groups in total. The summed E-state index contributed by atoms with van der Waals surface area (Å²) in [6.07, 6.45) is 9.01. The van der Waals surface area contributed by atoms with Crippen LogP contribution in [0, 0.1) is 6.92 Å². The monoisotopic (exact) mass is 410 g/mol. The number of hydrogen-bond acceptors (Lipinski definition) is 5. The Morgan fingerprint density at radius 1 is 0.968 bits per heavy atom. The molecular weight excluding hydrogens is 384 g/mol. The molecule has 1 aromatic carbocycles. The summed E-state index contributed by atoms with van der Waals surface area (Å²) in [6, 6.07) is 12.8. The van der Waals surface area contributed by atoms with Crippen LogP contribution in [0.4, 0.5) is 0 Å². The van der Waals surface area contributed by atoms with Crippen molar-refractivity contribution in [2.24, 2.45) is 5.73 Å². The molecular formula is C25H26N6. The fourth-order valence-corrected chi connectivity index (χ4v) is 5.44. The molecule has 1 aliphatic heterocycles. The van der Waals surface area contributed by atoms with E-state index in [-0.39, 0.29) is 5.41 Å². The van der Waals surface area contributed by atoms with Gasteiger partial charge in [-0.2, -0.15) is 0 Å². The topological polar surface area (TPSA) is 82.5 Å². The van der Waals surface area contributed by atoms with E-state index in [2.05, 4.69) is 44.9 Å². The van der Waals surface area contributed by atoms with E-state index in [4.69, 9.17) is 15.7 Å². The molecule has 156 valence electrons. The largest absolute Gasteiger partial charge is 0.328 e. The highest BCUT2D eigenvalue weighted by atomic mass is 15.1. The van der Waals surface area contributed by atoms with Gasteiger partial charge < -0.3 is 10.3 Å². The highest BCUT2D eigenvalue weighted by Crippen LogP contribution is 2.49. The van der Waals surface area contributed by atoms with Gasteiger partial charge >= 0.3 is 0 Å². The zero-order chi connectivity index (χ0) is 21.0. The van der Waals surface area contributed by atoms with Gasteiger partial charge in [0.2, 0.25) is 0 Å². The molecule has 2 aliphatic rings.